The summed E-state index contributed by atoms with van der Waals surface area (Å²) >= 11 is 0. The molecule has 170 valence electrons. The van der Waals surface area contributed by atoms with E-state index in [2.05, 4.69) is 10.3 Å². The van der Waals surface area contributed by atoms with Crippen molar-refractivity contribution in [2.45, 2.75) is 39.5 Å². The first kappa shape index (κ1) is 23.3. The fourth-order valence-corrected chi connectivity index (χ4v) is 3.40. The summed E-state index contributed by atoms with van der Waals surface area (Å²) in [6, 6.07) is 9.40. The lowest BCUT2D eigenvalue weighted by atomic mass is 10.1. The van der Waals surface area contributed by atoms with Crippen molar-refractivity contribution < 1.29 is 18.0 Å². The van der Waals surface area contributed by atoms with Crippen LogP contribution in [0.2, 0.25) is 0 Å². The zero-order chi connectivity index (χ0) is 23.8. The van der Waals surface area contributed by atoms with Gasteiger partial charge in [0.1, 0.15) is 6.04 Å². The first-order valence-electron chi connectivity index (χ1n) is 10.0. The SMILES string of the molecule is Cc1cc2nc(C(F)(F)F)c(=O)n(C(C)C(=O)NCc3ccc(N(C)C)cc3)c2cc1C. The maximum absolute atomic E-state index is 13.5. The minimum atomic E-state index is -4.93. The van der Waals surface area contributed by atoms with Crippen LogP contribution in [0.1, 0.15) is 35.3 Å². The minimum Gasteiger partial charge on any atom is -0.378 e. The highest BCUT2D eigenvalue weighted by Crippen LogP contribution is 2.28. The van der Waals surface area contributed by atoms with Crippen molar-refractivity contribution >= 4 is 22.6 Å². The summed E-state index contributed by atoms with van der Waals surface area (Å²) < 4.78 is 41.3. The Kier molecular flexibility index (Phi) is 6.29. The molecule has 1 N–H and O–H groups in total. The average Bonchev–Trinajstić information content (AvgIpc) is 2.72. The normalized spacial score (nSPS) is 12.6. The first-order chi connectivity index (χ1) is 14.9. The molecule has 0 saturated carbocycles. The third-order valence-electron chi connectivity index (χ3n) is 5.46. The second-order valence-corrected chi connectivity index (χ2v) is 8.01. The molecule has 32 heavy (non-hydrogen) atoms. The van der Waals surface area contributed by atoms with Gasteiger partial charge in [-0.1, -0.05) is 12.1 Å². The number of alkyl halides is 3. The van der Waals surface area contributed by atoms with Crippen molar-refractivity contribution in [1.29, 1.82) is 0 Å². The molecular formula is C23H25F3N4O2. The van der Waals surface area contributed by atoms with Gasteiger partial charge < -0.3 is 10.2 Å². The van der Waals surface area contributed by atoms with Crippen LogP contribution in [0.15, 0.2) is 41.2 Å². The number of aromatic nitrogens is 2. The molecule has 0 aliphatic heterocycles. The molecule has 1 amide bonds. The van der Waals surface area contributed by atoms with E-state index in [1.807, 2.05) is 43.3 Å². The smallest absolute Gasteiger partial charge is 0.378 e. The van der Waals surface area contributed by atoms with Crippen LogP contribution in [0.25, 0.3) is 11.0 Å². The number of nitrogens with zero attached hydrogens (tertiary/aromatic N) is 3. The zero-order valence-corrected chi connectivity index (χ0v) is 18.5. The van der Waals surface area contributed by atoms with Crippen LogP contribution in [0, 0.1) is 13.8 Å². The Morgan fingerprint density at radius 2 is 1.72 bits per heavy atom. The Bertz CT molecular complexity index is 1220. The van der Waals surface area contributed by atoms with Gasteiger partial charge in [-0.25, -0.2) is 4.98 Å². The molecule has 0 aliphatic rings. The number of carbonyl (C=O) groups is 1. The van der Waals surface area contributed by atoms with E-state index < -0.39 is 29.4 Å². The third-order valence-corrected chi connectivity index (χ3v) is 5.46. The lowest BCUT2D eigenvalue weighted by Crippen LogP contribution is -2.39. The lowest BCUT2D eigenvalue weighted by Gasteiger charge is -2.20. The molecule has 0 spiro atoms. The molecule has 0 bridgehead atoms. The largest absolute Gasteiger partial charge is 0.438 e. The Morgan fingerprint density at radius 1 is 1.12 bits per heavy atom. The van der Waals surface area contributed by atoms with Gasteiger partial charge in [0.2, 0.25) is 11.6 Å². The highest BCUT2D eigenvalue weighted by atomic mass is 19.4. The minimum absolute atomic E-state index is 0.0129. The molecule has 3 rings (SSSR count). The number of nitrogens with one attached hydrogen (secondary N) is 1. The standard InChI is InChI=1S/C23H25F3N4O2/c1-13-10-18-19(11-14(13)2)30(22(32)20(28-18)23(24,25)26)15(3)21(31)27-12-16-6-8-17(9-7-16)29(4)5/h6-11,15H,12H2,1-5H3,(H,27,31). The van der Waals surface area contributed by atoms with E-state index in [-0.39, 0.29) is 17.6 Å². The Hall–Kier alpha value is -3.36. The molecule has 1 unspecified atom stereocenters. The molecule has 6 nitrogen and oxygen atoms in total. The summed E-state index contributed by atoms with van der Waals surface area (Å²) in [4.78, 5) is 31.1. The fraction of sp³-hybridized carbons (Fsp3) is 0.348. The number of hydrogen-bond donors (Lipinski definition) is 1. The van der Waals surface area contributed by atoms with Crippen LogP contribution >= 0.6 is 0 Å². The molecule has 1 aromatic heterocycles. The predicted molar refractivity (Wildman–Crippen MR) is 118 cm³/mol. The third kappa shape index (κ3) is 4.61. The van der Waals surface area contributed by atoms with Gasteiger partial charge in [0.25, 0.3) is 5.56 Å². The van der Waals surface area contributed by atoms with Crippen LogP contribution in [-0.2, 0) is 17.5 Å². The van der Waals surface area contributed by atoms with Gasteiger partial charge in [-0.2, -0.15) is 13.2 Å². The average molecular weight is 446 g/mol. The molecule has 1 atom stereocenters. The van der Waals surface area contributed by atoms with Gasteiger partial charge >= 0.3 is 6.18 Å². The van der Waals surface area contributed by atoms with E-state index in [9.17, 15) is 22.8 Å². The highest BCUT2D eigenvalue weighted by molar-refractivity contribution is 5.84. The number of hydrogen-bond acceptors (Lipinski definition) is 4. The Morgan fingerprint density at radius 3 is 2.28 bits per heavy atom. The number of aryl methyl sites for hydroxylation is 2. The van der Waals surface area contributed by atoms with Crippen molar-refractivity contribution in [2.24, 2.45) is 0 Å². The first-order valence-corrected chi connectivity index (χ1v) is 10.0. The van der Waals surface area contributed by atoms with E-state index in [1.165, 1.54) is 13.0 Å². The van der Waals surface area contributed by atoms with Gasteiger partial charge in [-0.3, -0.25) is 14.2 Å². The monoisotopic (exact) mass is 446 g/mol. The van der Waals surface area contributed by atoms with Crippen LogP contribution in [0.5, 0.6) is 0 Å². The number of halogens is 3. The molecule has 3 aromatic rings. The Labute approximate surface area is 183 Å². The van der Waals surface area contributed by atoms with Gasteiger partial charge in [-0.05, 0) is 61.7 Å². The van der Waals surface area contributed by atoms with Crippen LogP contribution < -0.4 is 15.8 Å². The molecule has 1 heterocycles. The summed E-state index contributed by atoms with van der Waals surface area (Å²) in [5, 5.41) is 2.71. The predicted octanol–water partition coefficient (Wildman–Crippen LogP) is 3.98. The topological polar surface area (TPSA) is 67.2 Å². The quantitative estimate of drug-likeness (QED) is 0.644. The van der Waals surface area contributed by atoms with Crippen molar-refractivity contribution in [3.05, 3.63) is 69.1 Å². The number of carbonyl (C=O) groups excluding carboxylic acids is 1. The molecular weight excluding hydrogens is 421 g/mol. The fourth-order valence-electron chi connectivity index (χ4n) is 3.40. The summed E-state index contributed by atoms with van der Waals surface area (Å²) in [7, 11) is 3.82. The maximum Gasteiger partial charge on any atom is 0.438 e. The van der Waals surface area contributed by atoms with Crippen LogP contribution in [0.4, 0.5) is 18.9 Å². The molecule has 0 aliphatic carbocycles. The number of benzene rings is 2. The maximum atomic E-state index is 13.5. The van der Waals surface area contributed by atoms with Crippen molar-refractivity contribution in [1.82, 2.24) is 14.9 Å². The van der Waals surface area contributed by atoms with Crippen molar-refractivity contribution in [2.75, 3.05) is 19.0 Å². The summed E-state index contributed by atoms with van der Waals surface area (Å²) in [6.07, 6.45) is -4.93. The van der Waals surface area contributed by atoms with Gasteiger partial charge in [0, 0.05) is 26.3 Å². The Balaban J connectivity index is 1.97. The number of rotatable bonds is 5. The molecule has 0 radical (unpaired) electrons. The zero-order valence-electron chi connectivity index (χ0n) is 18.5. The van der Waals surface area contributed by atoms with Crippen LogP contribution in [-0.4, -0.2) is 29.6 Å². The molecule has 2 aromatic carbocycles. The summed E-state index contributed by atoms with van der Waals surface area (Å²) in [6.45, 7) is 5.11. The van der Waals surface area contributed by atoms with E-state index in [0.29, 0.717) is 0 Å². The highest BCUT2D eigenvalue weighted by Gasteiger charge is 2.38. The molecule has 9 heteroatoms. The van der Waals surface area contributed by atoms with Gasteiger partial charge in [-0.15, -0.1) is 0 Å². The van der Waals surface area contributed by atoms with Crippen molar-refractivity contribution in [3.8, 4) is 0 Å². The molecule has 0 saturated heterocycles. The van der Waals surface area contributed by atoms with Gasteiger partial charge in [0.15, 0.2) is 0 Å². The number of amides is 1. The van der Waals surface area contributed by atoms with E-state index >= 15 is 0 Å². The second-order valence-electron chi connectivity index (χ2n) is 8.01. The van der Waals surface area contributed by atoms with E-state index in [0.717, 1.165) is 26.9 Å². The lowest BCUT2D eigenvalue weighted by molar-refractivity contribution is -0.142. The summed E-state index contributed by atoms with van der Waals surface area (Å²) in [5.74, 6) is -0.567. The number of fused-ring (bicyclic) bond motifs is 1. The second kappa shape index (κ2) is 8.64. The van der Waals surface area contributed by atoms with Crippen molar-refractivity contribution in [3.63, 3.8) is 0 Å². The molecule has 0 fully saturated rings. The summed E-state index contributed by atoms with van der Waals surface area (Å²) in [5.41, 5.74) is 0.656. The van der Waals surface area contributed by atoms with E-state index in [1.54, 1.807) is 19.9 Å². The van der Waals surface area contributed by atoms with Gasteiger partial charge in [0.05, 0.1) is 11.0 Å². The number of anilines is 1. The van der Waals surface area contributed by atoms with E-state index in [4.69, 9.17) is 0 Å². The van der Waals surface area contributed by atoms with Crippen LogP contribution in [0.3, 0.4) is 0 Å².